The highest BCUT2D eigenvalue weighted by Crippen LogP contribution is 2.34. The van der Waals surface area contributed by atoms with Gasteiger partial charge in [0.05, 0.1) is 10.1 Å². The standard InChI is InChI=1S/C16H13N5OS3/c1-10(14-19-20-15(22-14)12-5-3-9-24-12)25-16-17-13(18-21-16)7-6-11-4-2-8-23-11/h2-10H,1H3,(H,17,18,21)/b7-6+. The molecule has 1 N–H and O–H groups in total. The van der Waals surface area contributed by atoms with E-state index in [0.717, 1.165) is 4.88 Å². The minimum atomic E-state index is -0.0360. The van der Waals surface area contributed by atoms with Crippen LogP contribution in [0.3, 0.4) is 0 Å². The van der Waals surface area contributed by atoms with Crippen LogP contribution in [0.5, 0.6) is 0 Å². The van der Waals surface area contributed by atoms with Crippen LogP contribution in [0.1, 0.15) is 28.8 Å². The van der Waals surface area contributed by atoms with Crippen LogP contribution in [0.4, 0.5) is 0 Å². The second-order valence-electron chi connectivity index (χ2n) is 5.03. The molecule has 9 heteroatoms. The zero-order valence-electron chi connectivity index (χ0n) is 13.1. The van der Waals surface area contributed by atoms with Crippen LogP contribution in [0.25, 0.3) is 22.9 Å². The smallest absolute Gasteiger partial charge is 0.257 e. The van der Waals surface area contributed by atoms with E-state index in [1.165, 1.54) is 16.6 Å². The summed E-state index contributed by atoms with van der Waals surface area (Å²) in [5.74, 6) is 1.83. The molecule has 4 heterocycles. The third-order valence-electron chi connectivity index (χ3n) is 3.23. The van der Waals surface area contributed by atoms with Gasteiger partial charge in [0.15, 0.2) is 0 Å². The highest BCUT2D eigenvalue weighted by atomic mass is 32.2. The number of thioether (sulfide) groups is 1. The molecule has 4 aromatic rings. The molecule has 4 rings (SSSR count). The summed E-state index contributed by atoms with van der Waals surface area (Å²) in [5, 5.41) is 20.0. The van der Waals surface area contributed by atoms with E-state index in [4.69, 9.17) is 4.42 Å². The fourth-order valence-electron chi connectivity index (χ4n) is 2.04. The topological polar surface area (TPSA) is 80.5 Å². The molecule has 4 aromatic heterocycles. The Kier molecular flexibility index (Phi) is 4.77. The lowest BCUT2D eigenvalue weighted by atomic mass is 10.4. The van der Waals surface area contributed by atoms with Gasteiger partial charge >= 0.3 is 0 Å². The zero-order valence-corrected chi connectivity index (χ0v) is 15.6. The predicted molar refractivity (Wildman–Crippen MR) is 102 cm³/mol. The molecular weight excluding hydrogens is 374 g/mol. The van der Waals surface area contributed by atoms with Crippen molar-refractivity contribution < 1.29 is 4.42 Å². The molecule has 0 amide bonds. The van der Waals surface area contributed by atoms with E-state index < -0.39 is 0 Å². The molecule has 0 fully saturated rings. The van der Waals surface area contributed by atoms with Crippen LogP contribution in [0.15, 0.2) is 44.6 Å². The lowest BCUT2D eigenvalue weighted by Gasteiger charge is -2.01. The zero-order chi connectivity index (χ0) is 17.1. The van der Waals surface area contributed by atoms with Gasteiger partial charge < -0.3 is 4.42 Å². The van der Waals surface area contributed by atoms with Gasteiger partial charge in [-0.25, -0.2) is 4.98 Å². The van der Waals surface area contributed by atoms with Crippen molar-refractivity contribution >= 4 is 46.6 Å². The summed E-state index contributed by atoms with van der Waals surface area (Å²) in [6, 6.07) is 7.99. The monoisotopic (exact) mass is 387 g/mol. The number of nitrogens with one attached hydrogen (secondary N) is 1. The summed E-state index contributed by atoms with van der Waals surface area (Å²) in [5.41, 5.74) is 0. The van der Waals surface area contributed by atoms with Gasteiger partial charge in [0.25, 0.3) is 5.89 Å². The van der Waals surface area contributed by atoms with Gasteiger partial charge in [-0.3, -0.25) is 5.10 Å². The molecule has 0 aromatic carbocycles. The SMILES string of the molecule is CC(Sc1n[nH]c(/C=C/c2cccs2)n1)c1nnc(-c2cccs2)o1. The normalized spacial score (nSPS) is 12.8. The molecule has 0 saturated carbocycles. The summed E-state index contributed by atoms with van der Waals surface area (Å²) in [4.78, 5) is 6.60. The molecular formula is C16H13N5OS3. The first-order chi connectivity index (χ1) is 12.3. The van der Waals surface area contributed by atoms with Crippen molar-refractivity contribution in [1.29, 1.82) is 0 Å². The average molecular weight is 388 g/mol. The van der Waals surface area contributed by atoms with Gasteiger partial charge in [0.1, 0.15) is 5.82 Å². The Morgan fingerprint density at radius 2 is 2.04 bits per heavy atom. The molecule has 0 aliphatic rings. The summed E-state index contributed by atoms with van der Waals surface area (Å²) in [6.07, 6.45) is 3.92. The molecule has 0 aliphatic carbocycles. The van der Waals surface area contributed by atoms with Gasteiger partial charge in [0.2, 0.25) is 11.0 Å². The molecule has 1 atom stereocenters. The largest absolute Gasteiger partial charge is 0.419 e. The Balaban J connectivity index is 1.42. The molecule has 126 valence electrons. The van der Waals surface area contributed by atoms with Crippen molar-refractivity contribution in [3.63, 3.8) is 0 Å². The van der Waals surface area contributed by atoms with Crippen molar-refractivity contribution in [3.8, 4) is 10.8 Å². The minimum Gasteiger partial charge on any atom is -0.419 e. The Morgan fingerprint density at radius 3 is 2.84 bits per heavy atom. The van der Waals surface area contributed by atoms with E-state index in [9.17, 15) is 0 Å². The maximum atomic E-state index is 5.75. The predicted octanol–water partition coefficient (Wildman–Crippen LogP) is 5.00. The van der Waals surface area contributed by atoms with Crippen LogP contribution in [0, 0.1) is 0 Å². The molecule has 0 aliphatic heterocycles. The van der Waals surface area contributed by atoms with Crippen LogP contribution in [-0.4, -0.2) is 25.4 Å². The maximum Gasteiger partial charge on any atom is 0.257 e. The van der Waals surface area contributed by atoms with Crippen molar-refractivity contribution in [3.05, 3.63) is 51.6 Å². The lowest BCUT2D eigenvalue weighted by molar-refractivity contribution is 0.510. The molecule has 25 heavy (non-hydrogen) atoms. The van der Waals surface area contributed by atoms with Gasteiger partial charge in [-0.05, 0) is 42.0 Å². The highest BCUT2D eigenvalue weighted by molar-refractivity contribution is 7.99. The van der Waals surface area contributed by atoms with Crippen LogP contribution in [0.2, 0.25) is 0 Å². The molecule has 1 unspecified atom stereocenters. The first-order valence-electron chi connectivity index (χ1n) is 7.46. The van der Waals surface area contributed by atoms with Crippen molar-refractivity contribution in [2.45, 2.75) is 17.3 Å². The summed E-state index contributed by atoms with van der Waals surface area (Å²) in [6.45, 7) is 1.99. The number of hydrogen-bond acceptors (Lipinski definition) is 8. The number of aromatic amines is 1. The fraction of sp³-hybridized carbons (Fsp3) is 0.125. The molecule has 0 saturated heterocycles. The van der Waals surface area contributed by atoms with Crippen LogP contribution in [-0.2, 0) is 0 Å². The number of H-pyrrole nitrogens is 1. The highest BCUT2D eigenvalue weighted by Gasteiger charge is 2.18. The minimum absolute atomic E-state index is 0.0360. The average Bonchev–Trinajstić information content (AvgIpc) is 3.40. The number of thiophene rings is 2. The van der Waals surface area contributed by atoms with E-state index >= 15 is 0 Å². The lowest BCUT2D eigenvalue weighted by Crippen LogP contribution is -1.89. The van der Waals surface area contributed by atoms with E-state index in [-0.39, 0.29) is 5.25 Å². The number of rotatable bonds is 6. The third-order valence-corrected chi connectivity index (χ3v) is 5.88. The van der Waals surface area contributed by atoms with Gasteiger partial charge in [-0.2, -0.15) is 0 Å². The summed E-state index contributed by atoms with van der Waals surface area (Å²) in [7, 11) is 0. The van der Waals surface area contributed by atoms with E-state index in [2.05, 4.69) is 31.4 Å². The quantitative estimate of drug-likeness (QED) is 0.469. The third kappa shape index (κ3) is 3.89. The van der Waals surface area contributed by atoms with E-state index in [0.29, 0.717) is 22.8 Å². The van der Waals surface area contributed by atoms with Crippen molar-refractivity contribution in [2.75, 3.05) is 0 Å². The Morgan fingerprint density at radius 1 is 1.16 bits per heavy atom. The maximum absolute atomic E-state index is 5.75. The van der Waals surface area contributed by atoms with Gasteiger partial charge in [-0.15, -0.1) is 38.0 Å². The van der Waals surface area contributed by atoms with Crippen LogP contribution < -0.4 is 0 Å². The van der Waals surface area contributed by atoms with Gasteiger partial charge in [-0.1, -0.05) is 23.9 Å². The Labute approximate surface area is 156 Å². The first-order valence-corrected chi connectivity index (χ1v) is 10.1. The first kappa shape index (κ1) is 16.2. The van der Waals surface area contributed by atoms with Crippen molar-refractivity contribution in [1.82, 2.24) is 25.4 Å². The van der Waals surface area contributed by atoms with E-state index in [1.807, 2.05) is 48.0 Å². The van der Waals surface area contributed by atoms with Gasteiger partial charge in [0, 0.05) is 4.88 Å². The Bertz CT molecular complexity index is 956. The Hall–Kier alpha value is -2.23. The molecule has 0 spiro atoms. The number of hydrogen-bond donors (Lipinski definition) is 1. The number of nitrogens with zero attached hydrogens (tertiary/aromatic N) is 4. The van der Waals surface area contributed by atoms with Crippen LogP contribution >= 0.6 is 34.4 Å². The molecule has 6 nitrogen and oxygen atoms in total. The fourth-order valence-corrected chi connectivity index (χ4v) is 4.06. The summed E-state index contributed by atoms with van der Waals surface area (Å²) >= 11 is 4.72. The molecule has 0 bridgehead atoms. The molecule has 0 radical (unpaired) electrons. The second kappa shape index (κ2) is 7.34. The number of aromatic nitrogens is 5. The van der Waals surface area contributed by atoms with Crippen molar-refractivity contribution in [2.24, 2.45) is 0 Å². The summed E-state index contributed by atoms with van der Waals surface area (Å²) < 4.78 is 5.75. The van der Waals surface area contributed by atoms with E-state index in [1.54, 1.807) is 22.7 Å². The second-order valence-corrected chi connectivity index (χ2v) is 8.27.